The summed E-state index contributed by atoms with van der Waals surface area (Å²) in [6.07, 6.45) is 2.15. The lowest BCUT2D eigenvalue weighted by Gasteiger charge is -2.15. The minimum atomic E-state index is 0.0940. The Bertz CT molecular complexity index is 363. The lowest BCUT2D eigenvalue weighted by atomic mass is 10.0. The molecule has 1 atom stereocenters. The fourth-order valence-corrected chi connectivity index (χ4v) is 1.83. The highest BCUT2D eigenvalue weighted by atomic mass is 16.1. The van der Waals surface area contributed by atoms with Crippen LogP contribution < -0.4 is 11.1 Å². The summed E-state index contributed by atoms with van der Waals surface area (Å²) in [5.41, 5.74) is 7.94. The van der Waals surface area contributed by atoms with Crippen LogP contribution in [0.3, 0.4) is 0 Å². The zero-order valence-electron chi connectivity index (χ0n) is 10.7. The molecule has 0 spiro atoms. The van der Waals surface area contributed by atoms with Gasteiger partial charge in [-0.2, -0.15) is 0 Å². The van der Waals surface area contributed by atoms with Crippen LogP contribution in [0.1, 0.15) is 30.9 Å². The summed E-state index contributed by atoms with van der Waals surface area (Å²) in [5, 5.41) is 3.00. The standard InChI is InChI=1S/C14H22N2O/c1-11-6-3-4-7-13(11)10-12(2)16-14(17)8-5-9-15/h3-4,6-7,12H,5,8-10,15H2,1-2H3,(H,16,17). The van der Waals surface area contributed by atoms with E-state index in [9.17, 15) is 4.79 Å². The minimum absolute atomic E-state index is 0.0940. The Labute approximate surface area is 103 Å². The molecule has 0 saturated heterocycles. The van der Waals surface area contributed by atoms with Gasteiger partial charge in [0.2, 0.25) is 5.91 Å². The maximum Gasteiger partial charge on any atom is 0.220 e. The first-order valence-corrected chi connectivity index (χ1v) is 6.17. The number of rotatable bonds is 6. The maximum atomic E-state index is 11.5. The van der Waals surface area contributed by atoms with E-state index in [0.29, 0.717) is 13.0 Å². The molecule has 17 heavy (non-hydrogen) atoms. The van der Waals surface area contributed by atoms with Gasteiger partial charge in [-0.15, -0.1) is 0 Å². The predicted molar refractivity (Wildman–Crippen MR) is 70.8 cm³/mol. The monoisotopic (exact) mass is 234 g/mol. The maximum absolute atomic E-state index is 11.5. The highest BCUT2D eigenvalue weighted by molar-refractivity contribution is 5.76. The molecule has 0 aromatic heterocycles. The number of amides is 1. The molecule has 1 unspecified atom stereocenters. The normalized spacial score (nSPS) is 12.2. The molecular formula is C14H22N2O. The number of hydrogen-bond donors (Lipinski definition) is 2. The third kappa shape index (κ3) is 5.00. The van der Waals surface area contributed by atoms with Gasteiger partial charge in [0.1, 0.15) is 0 Å². The fraction of sp³-hybridized carbons (Fsp3) is 0.500. The van der Waals surface area contributed by atoms with Crippen molar-refractivity contribution in [3.63, 3.8) is 0 Å². The van der Waals surface area contributed by atoms with Crippen LogP contribution in [-0.4, -0.2) is 18.5 Å². The van der Waals surface area contributed by atoms with Gasteiger partial charge in [-0.25, -0.2) is 0 Å². The highest BCUT2D eigenvalue weighted by Crippen LogP contribution is 2.09. The van der Waals surface area contributed by atoms with Crippen molar-refractivity contribution in [3.05, 3.63) is 35.4 Å². The number of benzene rings is 1. The molecular weight excluding hydrogens is 212 g/mol. The van der Waals surface area contributed by atoms with Gasteiger partial charge in [-0.3, -0.25) is 4.79 Å². The van der Waals surface area contributed by atoms with Crippen LogP contribution in [0.2, 0.25) is 0 Å². The number of carbonyl (C=O) groups excluding carboxylic acids is 1. The van der Waals surface area contributed by atoms with Crippen LogP contribution in [-0.2, 0) is 11.2 Å². The van der Waals surface area contributed by atoms with Gasteiger partial charge in [0.25, 0.3) is 0 Å². The van der Waals surface area contributed by atoms with E-state index in [1.165, 1.54) is 11.1 Å². The average Bonchev–Trinajstić information content (AvgIpc) is 2.29. The quantitative estimate of drug-likeness (QED) is 0.788. The molecule has 94 valence electrons. The first-order chi connectivity index (χ1) is 8.13. The molecule has 0 aliphatic carbocycles. The number of nitrogens with one attached hydrogen (secondary N) is 1. The van der Waals surface area contributed by atoms with E-state index < -0.39 is 0 Å². The first-order valence-electron chi connectivity index (χ1n) is 6.17. The molecule has 0 bridgehead atoms. The first kappa shape index (κ1) is 13.7. The Hall–Kier alpha value is -1.35. The second-order valence-corrected chi connectivity index (χ2v) is 4.49. The summed E-state index contributed by atoms with van der Waals surface area (Å²) in [4.78, 5) is 11.5. The number of hydrogen-bond acceptors (Lipinski definition) is 2. The summed E-state index contributed by atoms with van der Waals surface area (Å²) in [6, 6.07) is 8.44. The fourth-order valence-electron chi connectivity index (χ4n) is 1.83. The van der Waals surface area contributed by atoms with Crippen molar-refractivity contribution < 1.29 is 4.79 Å². The lowest BCUT2D eigenvalue weighted by molar-refractivity contribution is -0.121. The molecule has 3 N–H and O–H groups in total. The SMILES string of the molecule is Cc1ccccc1CC(C)NC(=O)CCCN. The Balaban J connectivity index is 2.42. The van der Waals surface area contributed by atoms with E-state index in [4.69, 9.17) is 5.73 Å². The molecule has 3 heteroatoms. The molecule has 0 aliphatic rings. The van der Waals surface area contributed by atoms with Crippen LogP contribution in [0.25, 0.3) is 0 Å². The van der Waals surface area contributed by atoms with Crippen molar-refractivity contribution in [2.75, 3.05) is 6.54 Å². The molecule has 3 nitrogen and oxygen atoms in total. The summed E-state index contributed by atoms with van der Waals surface area (Å²) < 4.78 is 0. The van der Waals surface area contributed by atoms with Gasteiger partial charge in [0, 0.05) is 12.5 Å². The second-order valence-electron chi connectivity index (χ2n) is 4.49. The van der Waals surface area contributed by atoms with E-state index in [-0.39, 0.29) is 11.9 Å². The molecule has 0 fully saturated rings. The molecule has 0 aliphatic heterocycles. The predicted octanol–water partition coefficient (Wildman–Crippen LogP) is 1.78. The van der Waals surface area contributed by atoms with Gasteiger partial charge >= 0.3 is 0 Å². The smallest absolute Gasteiger partial charge is 0.220 e. The Morgan fingerprint density at radius 3 is 2.76 bits per heavy atom. The van der Waals surface area contributed by atoms with Crippen LogP contribution in [0.15, 0.2) is 24.3 Å². The van der Waals surface area contributed by atoms with Crippen molar-refractivity contribution in [2.45, 2.75) is 39.2 Å². The van der Waals surface area contributed by atoms with Crippen LogP contribution in [0, 0.1) is 6.92 Å². The lowest BCUT2D eigenvalue weighted by Crippen LogP contribution is -2.34. The van der Waals surface area contributed by atoms with Crippen molar-refractivity contribution in [3.8, 4) is 0 Å². The van der Waals surface area contributed by atoms with Gasteiger partial charge < -0.3 is 11.1 Å². The second kappa shape index (κ2) is 7.07. The Morgan fingerprint density at radius 1 is 1.41 bits per heavy atom. The van der Waals surface area contributed by atoms with Crippen LogP contribution in [0.5, 0.6) is 0 Å². The zero-order chi connectivity index (χ0) is 12.7. The summed E-state index contributed by atoms with van der Waals surface area (Å²) in [7, 11) is 0. The molecule has 0 radical (unpaired) electrons. The zero-order valence-corrected chi connectivity index (χ0v) is 10.7. The van der Waals surface area contributed by atoms with Crippen molar-refractivity contribution >= 4 is 5.91 Å². The number of aryl methyl sites for hydroxylation is 1. The van der Waals surface area contributed by atoms with Crippen molar-refractivity contribution in [1.29, 1.82) is 0 Å². The largest absolute Gasteiger partial charge is 0.353 e. The molecule has 1 aromatic rings. The molecule has 1 aromatic carbocycles. The van der Waals surface area contributed by atoms with Gasteiger partial charge in [0.05, 0.1) is 0 Å². The Morgan fingerprint density at radius 2 is 2.12 bits per heavy atom. The summed E-state index contributed by atoms with van der Waals surface area (Å²) >= 11 is 0. The minimum Gasteiger partial charge on any atom is -0.353 e. The number of carbonyl (C=O) groups is 1. The number of nitrogens with two attached hydrogens (primary N) is 1. The van der Waals surface area contributed by atoms with Gasteiger partial charge in [-0.05, 0) is 44.4 Å². The van der Waals surface area contributed by atoms with E-state index in [2.05, 4.69) is 24.4 Å². The van der Waals surface area contributed by atoms with E-state index >= 15 is 0 Å². The molecule has 0 heterocycles. The van der Waals surface area contributed by atoms with Gasteiger partial charge in [-0.1, -0.05) is 24.3 Å². The highest BCUT2D eigenvalue weighted by Gasteiger charge is 2.08. The topological polar surface area (TPSA) is 55.1 Å². The van der Waals surface area contributed by atoms with E-state index in [1.807, 2.05) is 19.1 Å². The third-order valence-corrected chi connectivity index (χ3v) is 2.80. The van der Waals surface area contributed by atoms with Crippen LogP contribution in [0.4, 0.5) is 0 Å². The third-order valence-electron chi connectivity index (χ3n) is 2.80. The van der Waals surface area contributed by atoms with E-state index in [0.717, 1.165) is 12.8 Å². The van der Waals surface area contributed by atoms with Crippen molar-refractivity contribution in [1.82, 2.24) is 5.32 Å². The van der Waals surface area contributed by atoms with E-state index in [1.54, 1.807) is 0 Å². The Kier molecular flexibility index (Phi) is 5.70. The van der Waals surface area contributed by atoms with Gasteiger partial charge in [0.15, 0.2) is 0 Å². The molecule has 1 rings (SSSR count). The van der Waals surface area contributed by atoms with Crippen LogP contribution >= 0.6 is 0 Å². The van der Waals surface area contributed by atoms with Crippen molar-refractivity contribution in [2.24, 2.45) is 5.73 Å². The average molecular weight is 234 g/mol. The molecule has 0 saturated carbocycles. The molecule has 1 amide bonds. The summed E-state index contributed by atoms with van der Waals surface area (Å²) in [5.74, 6) is 0.0940. The summed E-state index contributed by atoms with van der Waals surface area (Å²) in [6.45, 7) is 4.70.